The summed E-state index contributed by atoms with van der Waals surface area (Å²) in [6.07, 6.45) is 3.21. The highest BCUT2D eigenvalue weighted by molar-refractivity contribution is 7.84. The van der Waals surface area contributed by atoms with Crippen LogP contribution in [0.5, 0.6) is 0 Å². The molecular formula is C7H13NS. The minimum Gasteiger partial charge on any atom is -0.394 e. The summed E-state index contributed by atoms with van der Waals surface area (Å²) in [7, 11) is 1.81. The molecule has 1 nitrogen and oxygen atoms in total. The van der Waals surface area contributed by atoms with Crippen LogP contribution in [-0.2, 0) is 0 Å². The zero-order chi connectivity index (χ0) is 7.70. The summed E-state index contributed by atoms with van der Waals surface area (Å²) in [4.78, 5) is 0.713. The van der Waals surface area contributed by atoms with E-state index in [4.69, 9.17) is 0 Å². The Morgan fingerprint density at radius 2 is 1.78 bits per heavy atom. The summed E-state index contributed by atoms with van der Waals surface area (Å²) in [6, 6.07) is 0. The van der Waals surface area contributed by atoms with Gasteiger partial charge in [-0.05, 0) is 11.1 Å². The van der Waals surface area contributed by atoms with E-state index in [-0.39, 0.29) is 0 Å². The van der Waals surface area contributed by atoms with Crippen LogP contribution in [0.2, 0.25) is 0 Å². The first-order valence-electron chi connectivity index (χ1n) is 2.47. The molecule has 0 saturated carbocycles. The van der Waals surface area contributed by atoms with Gasteiger partial charge >= 0.3 is 0 Å². The number of thiol groups is 1. The van der Waals surface area contributed by atoms with Crippen LogP contribution in [0.15, 0.2) is 36.9 Å². The molecule has 0 aromatic heterocycles. The molecular weight excluding hydrogens is 130 g/mol. The molecule has 52 valence electrons. The Balaban J connectivity index is 0. The van der Waals surface area contributed by atoms with Crippen molar-refractivity contribution in [3.8, 4) is 0 Å². The van der Waals surface area contributed by atoms with E-state index in [2.05, 4.69) is 37.7 Å². The summed E-state index contributed by atoms with van der Waals surface area (Å²) in [5.74, 6) is 0. The molecule has 0 aliphatic carbocycles. The predicted molar refractivity (Wildman–Crippen MR) is 47.6 cm³/mol. The highest BCUT2D eigenvalue weighted by Crippen LogP contribution is 1.91. The van der Waals surface area contributed by atoms with Gasteiger partial charge in [0.15, 0.2) is 0 Å². The second kappa shape index (κ2) is 10.4. The highest BCUT2D eigenvalue weighted by atomic mass is 32.1. The standard InChI is InChI=1S/C4H6S.C3H7N/c1-3-4(2)5;1-3-4-2/h3,5H,1-2H2;3-4H,1H2,2H3. The van der Waals surface area contributed by atoms with Crippen molar-refractivity contribution >= 4 is 12.6 Å². The molecule has 0 saturated heterocycles. The third kappa shape index (κ3) is 37.8. The molecule has 0 amide bonds. The molecule has 0 fully saturated rings. The van der Waals surface area contributed by atoms with E-state index >= 15 is 0 Å². The molecule has 2 heteroatoms. The SMILES string of the molecule is C=CC(=C)S.C=CNC. The largest absolute Gasteiger partial charge is 0.394 e. The first-order chi connectivity index (χ1) is 4.18. The summed E-state index contributed by atoms with van der Waals surface area (Å²) >= 11 is 3.79. The molecule has 0 spiro atoms. The lowest BCUT2D eigenvalue weighted by atomic mass is 10.6. The smallest absolute Gasteiger partial charge is 0.00275 e. The maximum Gasteiger partial charge on any atom is 0.00275 e. The van der Waals surface area contributed by atoms with Crippen molar-refractivity contribution in [3.05, 3.63) is 36.9 Å². The van der Waals surface area contributed by atoms with E-state index in [1.807, 2.05) is 7.05 Å². The Bertz CT molecular complexity index is 97.1. The lowest BCUT2D eigenvalue weighted by molar-refractivity contribution is 1.11. The van der Waals surface area contributed by atoms with Gasteiger partial charge in [0.2, 0.25) is 0 Å². The second-order valence-electron chi connectivity index (χ2n) is 1.19. The summed E-state index contributed by atoms with van der Waals surface area (Å²) < 4.78 is 0. The van der Waals surface area contributed by atoms with Gasteiger partial charge in [-0.3, -0.25) is 0 Å². The summed E-state index contributed by atoms with van der Waals surface area (Å²) in [6.45, 7) is 10.2. The number of rotatable bonds is 2. The lowest BCUT2D eigenvalue weighted by Crippen LogP contribution is -1.87. The van der Waals surface area contributed by atoms with E-state index in [0.717, 1.165) is 0 Å². The van der Waals surface area contributed by atoms with E-state index in [1.165, 1.54) is 0 Å². The molecule has 9 heavy (non-hydrogen) atoms. The average molecular weight is 143 g/mol. The van der Waals surface area contributed by atoms with Crippen LogP contribution >= 0.6 is 12.6 Å². The summed E-state index contributed by atoms with van der Waals surface area (Å²) in [5, 5.41) is 2.69. The molecule has 0 aliphatic rings. The maximum absolute atomic E-state index is 3.79. The zero-order valence-electron chi connectivity index (χ0n) is 5.72. The fourth-order valence-electron chi connectivity index (χ4n) is 0. The van der Waals surface area contributed by atoms with Gasteiger partial charge < -0.3 is 5.32 Å². The maximum atomic E-state index is 3.79. The molecule has 0 unspecified atom stereocenters. The Kier molecular flexibility index (Phi) is 12.9. The van der Waals surface area contributed by atoms with E-state index in [9.17, 15) is 0 Å². The number of nitrogens with one attached hydrogen (secondary N) is 1. The Morgan fingerprint density at radius 3 is 1.78 bits per heavy atom. The minimum atomic E-state index is 0.713. The van der Waals surface area contributed by atoms with Gasteiger partial charge in [0, 0.05) is 7.05 Å². The van der Waals surface area contributed by atoms with Gasteiger partial charge in [0.1, 0.15) is 0 Å². The first-order valence-corrected chi connectivity index (χ1v) is 2.92. The first kappa shape index (κ1) is 11.2. The van der Waals surface area contributed by atoms with E-state index < -0.39 is 0 Å². The fraction of sp³-hybridized carbons (Fsp3) is 0.143. The van der Waals surface area contributed by atoms with Crippen molar-refractivity contribution in [2.45, 2.75) is 0 Å². The quantitative estimate of drug-likeness (QED) is 0.445. The molecule has 0 rings (SSSR count). The Morgan fingerprint density at radius 1 is 1.56 bits per heavy atom. The Hall–Kier alpha value is -0.630. The van der Waals surface area contributed by atoms with Gasteiger partial charge in [-0.1, -0.05) is 25.8 Å². The topological polar surface area (TPSA) is 12.0 Å². The van der Waals surface area contributed by atoms with Crippen molar-refractivity contribution < 1.29 is 0 Å². The van der Waals surface area contributed by atoms with Crippen LogP contribution < -0.4 is 5.32 Å². The van der Waals surface area contributed by atoms with Crippen molar-refractivity contribution in [2.24, 2.45) is 0 Å². The van der Waals surface area contributed by atoms with E-state index in [0.29, 0.717) is 4.91 Å². The predicted octanol–water partition coefficient (Wildman–Crippen LogP) is 1.97. The fourth-order valence-corrected chi connectivity index (χ4v) is 0. The lowest BCUT2D eigenvalue weighted by Gasteiger charge is -1.70. The van der Waals surface area contributed by atoms with Gasteiger partial charge in [0.05, 0.1) is 0 Å². The van der Waals surface area contributed by atoms with Crippen LogP contribution in [-0.4, -0.2) is 7.05 Å². The van der Waals surface area contributed by atoms with Crippen LogP contribution in [0, 0.1) is 0 Å². The Labute approximate surface area is 62.6 Å². The molecule has 0 heterocycles. The van der Waals surface area contributed by atoms with Crippen molar-refractivity contribution in [2.75, 3.05) is 7.05 Å². The average Bonchev–Trinajstić information content (AvgIpc) is 1.89. The molecule has 0 aromatic rings. The highest BCUT2D eigenvalue weighted by Gasteiger charge is 1.60. The third-order valence-electron chi connectivity index (χ3n) is 0.440. The summed E-state index contributed by atoms with van der Waals surface area (Å²) in [5.41, 5.74) is 0. The molecule has 0 atom stereocenters. The zero-order valence-corrected chi connectivity index (χ0v) is 6.62. The van der Waals surface area contributed by atoms with Crippen molar-refractivity contribution in [1.29, 1.82) is 0 Å². The number of hydrogen-bond acceptors (Lipinski definition) is 2. The van der Waals surface area contributed by atoms with Gasteiger partial charge in [0.25, 0.3) is 0 Å². The van der Waals surface area contributed by atoms with Crippen LogP contribution in [0.3, 0.4) is 0 Å². The molecule has 0 radical (unpaired) electrons. The van der Waals surface area contributed by atoms with Crippen LogP contribution in [0.1, 0.15) is 0 Å². The molecule has 0 bridgehead atoms. The number of hydrogen-bond donors (Lipinski definition) is 2. The van der Waals surface area contributed by atoms with Gasteiger partial charge in [-0.2, -0.15) is 0 Å². The van der Waals surface area contributed by atoms with Crippen LogP contribution in [0.4, 0.5) is 0 Å². The van der Waals surface area contributed by atoms with Gasteiger partial charge in [-0.25, -0.2) is 0 Å². The number of allylic oxidation sites excluding steroid dienone is 1. The minimum absolute atomic E-state index is 0.713. The van der Waals surface area contributed by atoms with Crippen molar-refractivity contribution in [1.82, 2.24) is 5.32 Å². The van der Waals surface area contributed by atoms with E-state index in [1.54, 1.807) is 12.3 Å². The molecule has 0 aromatic carbocycles. The monoisotopic (exact) mass is 143 g/mol. The molecule has 0 aliphatic heterocycles. The van der Waals surface area contributed by atoms with Crippen LogP contribution in [0.25, 0.3) is 0 Å². The normalized spacial score (nSPS) is 6.00. The second-order valence-corrected chi connectivity index (χ2v) is 1.76. The molecule has 1 N–H and O–H groups in total. The van der Waals surface area contributed by atoms with Crippen molar-refractivity contribution in [3.63, 3.8) is 0 Å². The third-order valence-corrected chi connectivity index (χ3v) is 0.622. The van der Waals surface area contributed by atoms with Gasteiger partial charge in [-0.15, -0.1) is 12.6 Å².